The number of hydrogen-bond donors (Lipinski definition) is 1. The molecule has 1 rings (SSSR count). The molecule has 1 N–H and O–H groups in total. The molecule has 3 nitrogen and oxygen atoms in total. The number of amides is 1. The summed E-state index contributed by atoms with van der Waals surface area (Å²) in [5.74, 6) is -0.557. The first kappa shape index (κ1) is 15.9. The summed E-state index contributed by atoms with van der Waals surface area (Å²) in [7, 11) is 0. The molecule has 1 atom stereocenters. The van der Waals surface area contributed by atoms with Crippen molar-refractivity contribution in [3.63, 3.8) is 0 Å². The Morgan fingerprint density at radius 3 is 2.74 bits per heavy atom. The Morgan fingerprint density at radius 2 is 2.00 bits per heavy atom. The number of carbonyl (C=O) groups is 2. The lowest BCUT2D eigenvalue weighted by Crippen LogP contribution is -2.39. The summed E-state index contributed by atoms with van der Waals surface area (Å²) >= 11 is 0. The van der Waals surface area contributed by atoms with Crippen molar-refractivity contribution >= 4 is 11.7 Å². The van der Waals surface area contributed by atoms with Crippen molar-refractivity contribution in [1.82, 2.24) is 5.32 Å². The molecule has 0 bridgehead atoms. The average molecular weight is 265 g/mol. The lowest BCUT2D eigenvalue weighted by molar-refractivity contribution is -0.133. The Morgan fingerprint density at radius 1 is 1.26 bits per heavy atom. The third-order valence-corrected chi connectivity index (χ3v) is 3.64. The lowest BCUT2D eigenvalue weighted by atomic mass is 9.94. The van der Waals surface area contributed by atoms with Crippen molar-refractivity contribution in [3.8, 4) is 0 Å². The van der Waals surface area contributed by atoms with Crippen LogP contribution in [0.3, 0.4) is 0 Å². The van der Waals surface area contributed by atoms with Gasteiger partial charge in [0.05, 0.1) is 0 Å². The van der Waals surface area contributed by atoms with Crippen molar-refractivity contribution in [2.45, 2.75) is 64.7 Å². The quantitative estimate of drug-likeness (QED) is 0.394. The van der Waals surface area contributed by atoms with Gasteiger partial charge in [-0.1, -0.05) is 45.1 Å². The molecule has 0 saturated carbocycles. The minimum absolute atomic E-state index is 0.0248. The zero-order valence-corrected chi connectivity index (χ0v) is 12.1. The van der Waals surface area contributed by atoms with Crippen LogP contribution in [0.4, 0.5) is 0 Å². The van der Waals surface area contributed by atoms with Crippen LogP contribution in [0.1, 0.15) is 64.7 Å². The summed E-state index contributed by atoms with van der Waals surface area (Å²) in [6.07, 6.45) is 13.7. The first-order valence-electron chi connectivity index (χ1n) is 7.73. The van der Waals surface area contributed by atoms with Gasteiger partial charge < -0.3 is 5.32 Å². The number of rotatable bonds is 9. The number of allylic oxidation sites excluding steroid dienone is 2. The zero-order valence-electron chi connectivity index (χ0n) is 12.1. The average Bonchev–Trinajstić information content (AvgIpc) is 2.42. The van der Waals surface area contributed by atoms with E-state index in [9.17, 15) is 9.59 Å². The van der Waals surface area contributed by atoms with Gasteiger partial charge in [-0.15, -0.1) is 0 Å². The highest BCUT2D eigenvalue weighted by molar-refractivity contribution is 6.06. The molecule has 1 aliphatic heterocycles. The predicted molar refractivity (Wildman–Crippen MR) is 77.9 cm³/mol. The van der Waals surface area contributed by atoms with Crippen LogP contribution in [-0.2, 0) is 9.59 Å². The summed E-state index contributed by atoms with van der Waals surface area (Å²) in [6.45, 7) is 2.93. The third kappa shape index (κ3) is 6.55. The summed E-state index contributed by atoms with van der Waals surface area (Å²) in [6, 6.07) is 0. The van der Waals surface area contributed by atoms with Crippen LogP contribution in [0.15, 0.2) is 12.2 Å². The van der Waals surface area contributed by atoms with Gasteiger partial charge in [-0.05, 0) is 31.8 Å². The van der Waals surface area contributed by atoms with Crippen LogP contribution in [-0.4, -0.2) is 18.2 Å². The number of carbonyl (C=O) groups excluding carboxylic acids is 2. The fourth-order valence-electron chi connectivity index (χ4n) is 2.40. The SMILES string of the molecule is CCCCCCCCC=CC(=O)C1CCCNC1=O. The molecule has 1 saturated heterocycles. The van der Waals surface area contributed by atoms with E-state index in [0.717, 1.165) is 19.3 Å². The van der Waals surface area contributed by atoms with Gasteiger partial charge in [0.25, 0.3) is 0 Å². The molecule has 108 valence electrons. The first-order chi connectivity index (χ1) is 9.25. The molecular weight excluding hydrogens is 238 g/mol. The minimum atomic E-state index is -0.436. The maximum atomic E-state index is 11.8. The second kappa shape index (κ2) is 9.76. The van der Waals surface area contributed by atoms with E-state index in [0.29, 0.717) is 13.0 Å². The first-order valence-corrected chi connectivity index (χ1v) is 7.73. The largest absolute Gasteiger partial charge is 0.355 e. The van der Waals surface area contributed by atoms with Crippen LogP contribution in [0.2, 0.25) is 0 Å². The fraction of sp³-hybridized carbons (Fsp3) is 0.750. The molecule has 0 aromatic carbocycles. The van der Waals surface area contributed by atoms with E-state index in [1.54, 1.807) is 6.08 Å². The van der Waals surface area contributed by atoms with Gasteiger partial charge in [0.15, 0.2) is 5.78 Å². The molecule has 0 radical (unpaired) electrons. The lowest BCUT2D eigenvalue weighted by Gasteiger charge is -2.19. The second-order valence-corrected chi connectivity index (χ2v) is 5.35. The summed E-state index contributed by atoms with van der Waals surface area (Å²) in [4.78, 5) is 23.3. The maximum absolute atomic E-state index is 11.8. The summed E-state index contributed by atoms with van der Waals surface area (Å²) < 4.78 is 0. The predicted octanol–water partition coefficient (Wildman–Crippen LogP) is 3.39. The molecule has 0 aromatic heterocycles. The van der Waals surface area contributed by atoms with Gasteiger partial charge in [0.2, 0.25) is 5.91 Å². The van der Waals surface area contributed by atoms with Crippen molar-refractivity contribution in [3.05, 3.63) is 12.2 Å². The Labute approximate surface area is 116 Å². The number of ketones is 1. The van der Waals surface area contributed by atoms with Gasteiger partial charge in [0, 0.05) is 6.54 Å². The van der Waals surface area contributed by atoms with Gasteiger partial charge in [-0.3, -0.25) is 9.59 Å². The third-order valence-electron chi connectivity index (χ3n) is 3.64. The van der Waals surface area contributed by atoms with Crippen molar-refractivity contribution in [1.29, 1.82) is 0 Å². The minimum Gasteiger partial charge on any atom is -0.355 e. The summed E-state index contributed by atoms with van der Waals surface area (Å²) in [5.41, 5.74) is 0. The molecule has 0 aromatic rings. The number of hydrogen-bond acceptors (Lipinski definition) is 2. The van der Waals surface area contributed by atoms with Crippen molar-refractivity contribution in [2.75, 3.05) is 6.54 Å². The number of piperidine rings is 1. The van der Waals surface area contributed by atoms with E-state index in [1.165, 1.54) is 32.1 Å². The Balaban J connectivity index is 2.10. The molecule has 1 unspecified atom stereocenters. The standard InChI is InChI=1S/C16H27NO2/c1-2-3-4-5-6-7-8-9-12-15(18)14-11-10-13-17-16(14)19/h9,12,14H,2-8,10-11,13H2,1H3,(H,17,19). The summed E-state index contributed by atoms with van der Waals surface area (Å²) in [5, 5.41) is 2.75. The van der Waals surface area contributed by atoms with E-state index in [-0.39, 0.29) is 11.7 Å². The Kier molecular flexibility index (Phi) is 8.19. The Hall–Kier alpha value is -1.12. The molecule has 19 heavy (non-hydrogen) atoms. The Bertz CT molecular complexity index is 310. The van der Waals surface area contributed by atoms with Crippen molar-refractivity contribution < 1.29 is 9.59 Å². The fourth-order valence-corrected chi connectivity index (χ4v) is 2.40. The highest BCUT2D eigenvalue weighted by Gasteiger charge is 2.26. The highest BCUT2D eigenvalue weighted by atomic mass is 16.2. The maximum Gasteiger partial charge on any atom is 0.230 e. The monoisotopic (exact) mass is 265 g/mol. The smallest absolute Gasteiger partial charge is 0.230 e. The van der Waals surface area contributed by atoms with E-state index in [1.807, 2.05) is 6.08 Å². The van der Waals surface area contributed by atoms with E-state index < -0.39 is 5.92 Å². The topological polar surface area (TPSA) is 46.2 Å². The second-order valence-electron chi connectivity index (χ2n) is 5.35. The molecule has 3 heteroatoms. The van der Waals surface area contributed by atoms with E-state index >= 15 is 0 Å². The molecule has 1 heterocycles. The molecule has 0 aliphatic carbocycles. The van der Waals surface area contributed by atoms with Gasteiger partial charge in [0.1, 0.15) is 5.92 Å². The molecular formula is C16H27NO2. The van der Waals surface area contributed by atoms with E-state index in [2.05, 4.69) is 12.2 Å². The van der Waals surface area contributed by atoms with Crippen LogP contribution in [0.5, 0.6) is 0 Å². The van der Waals surface area contributed by atoms with Gasteiger partial charge in [-0.25, -0.2) is 0 Å². The van der Waals surface area contributed by atoms with Gasteiger partial charge >= 0.3 is 0 Å². The number of unbranched alkanes of at least 4 members (excludes halogenated alkanes) is 6. The van der Waals surface area contributed by atoms with E-state index in [4.69, 9.17) is 0 Å². The van der Waals surface area contributed by atoms with Crippen LogP contribution in [0.25, 0.3) is 0 Å². The molecule has 1 aliphatic rings. The highest BCUT2D eigenvalue weighted by Crippen LogP contribution is 2.13. The molecule has 1 fully saturated rings. The van der Waals surface area contributed by atoms with Crippen LogP contribution >= 0.6 is 0 Å². The normalized spacial score (nSPS) is 19.6. The molecule has 1 amide bonds. The zero-order chi connectivity index (χ0) is 13.9. The van der Waals surface area contributed by atoms with Crippen LogP contribution in [0, 0.1) is 5.92 Å². The molecule has 0 spiro atoms. The number of nitrogens with one attached hydrogen (secondary N) is 1. The van der Waals surface area contributed by atoms with Crippen molar-refractivity contribution in [2.24, 2.45) is 5.92 Å². The van der Waals surface area contributed by atoms with Crippen LogP contribution < -0.4 is 5.32 Å². The van der Waals surface area contributed by atoms with Gasteiger partial charge in [-0.2, -0.15) is 0 Å².